The monoisotopic (exact) mass is 365 g/mol. The van der Waals surface area contributed by atoms with Crippen molar-refractivity contribution in [1.82, 2.24) is 4.98 Å². The molecule has 0 aliphatic carbocycles. The van der Waals surface area contributed by atoms with E-state index in [4.69, 9.17) is 9.16 Å². The van der Waals surface area contributed by atoms with E-state index < -0.39 is 8.32 Å². The predicted octanol–water partition coefficient (Wildman–Crippen LogP) is 5.98. The van der Waals surface area contributed by atoms with Gasteiger partial charge in [-0.3, -0.25) is 0 Å². The molecule has 142 valence electrons. The molecule has 1 aromatic rings. The molecule has 5 heteroatoms. The molecule has 0 aliphatic rings. The lowest BCUT2D eigenvalue weighted by Gasteiger charge is -2.33. The molecule has 1 rings (SSSR count). The van der Waals surface area contributed by atoms with Crippen molar-refractivity contribution in [3.63, 3.8) is 0 Å². The van der Waals surface area contributed by atoms with Gasteiger partial charge >= 0.3 is 5.97 Å². The van der Waals surface area contributed by atoms with Crippen LogP contribution in [0.15, 0.2) is 18.3 Å². The number of carbonyl (C=O) groups excluding carboxylic acids is 1. The molecule has 0 unspecified atom stereocenters. The number of unbranched alkanes of at least 4 members (excludes halogenated alkanes) is 3. The van der Waals surface area contributed by atoms with Crippen LogP contribution in [-0.2, 0) is 4.74 Å². The quantitative estimate of drug-likeness (QED) is 0.318. The van der Waals surface area contributed by atoms with E-state index in [2.05, 4.69) is 25.8 Å². The van der Waals surface area contributed by atoms with E-state index in [0.717, 1.165) is 18.1 Å². The molecule has 0 aromatic carbocycles. The van der Waals surface area contributed by atoms with Crippen LogP contribution >= 0.6 is 0 Å². The number of carbonyl (C=O) groups is 1. The molecule has 0 spiro atoms. The van der Waals surface area contributed by atoms with Gasteiger partial charge in [-0.1, -0.05) is 59.3 Å². The van der Waals surface area contributed by atoms with E-state index in [0.29, 0.717) is 18.1 Å². The van der Waals surface area contributed by atoms with Crippen LogP contribution in [0.2, 0.25) is 18.1 Å². The third kappa shape index (κ3) is 7.18. The molecular formula is C20H35NO3Si. The number of hydrogen-bond donors (Lipinski definition) is 0. The molecule has 0 saturated heterocycles. The normalized spacial score (nSPS) is 11.4. The Balaban J connectivity index is 3.11. The van der Waals surface area contributed by atoms with Gasteiger partial charge < -0.3 is 9.16 Å². The van der Waals surface area contributed by atoms with Crippen molar-refractivity contribution < 1.29 is 14.0 Å². The van der Waals surface area contributed by atoms with Gasteiger partial charge in [-0.15, -0.1) is 0 Å². The van der Waals surface area contributed by atoms with Crippen LogP contribution in [0.3, 0.4) is 0 Å². The molecule has 0 fully saturated rings. The molecule has 0 amide bonds. The Morgan fingerprint density at radius 3 is 2.04 bits per heavy atom. The first-order valence-electron chi connectivity index (χ1n) is 9.93. The lowest BCUT2D eigenvalue weighted by Crippen LogP contribution is -2.42. The van der Waals surface area contributed by atoms with Gasteiger partial charge in [-0.2, -0.15) is 0 Å². The fraction of sp³-hybridized carbons (Fsp3) is 0.700. The average molecular weight is 366 g/mol. The topological polar surface area (TPSA) is 48.4 Å². The summed E-state index contributed by atoms with van der Waals surface area (Å²) in [6.45, 7) is 8.84. The van der Waals surface area contributed by atoms with Crippen LogP contribution in [0.1, 0.15) is 76.7 Å². The first-order valence-corrected chi connectivity index (χ1v) is 12.5. The molecule has 1 heterocycles. The van der Waals surface area contributed by atoms with Crippen molar-refractivity contribution in [3.05, 3.63) is 24.0 Å². The first-order chi connectivity index (χ1) is 12.1. The molecule has 1 aromatic heterocycles. The highest BCUT2D eigenvalue weighted by atomic mass is 28.4. The lowest BCUT2D eigenvalue weighted by molar-refractivity contribution is 0.0517. The molecule has 25 heavy (non-hydrogen) atoms. The van der Waals surface area contributed by atoms with Crippen LogP contribution in [0.25, 0.3) is 0 Å². The van der Waals surface area contributed by atoms with E-state index in [1.54, 1.807) is 6.20 Å². The van der Waals surface area contributed by atoms with Crippen LogP contribution in [0, 0.1) is 0 Å². The number of hydrogen-bond acceptors (Lipinski definition) is 4. The van der Waals surface area contributed by atoms with Crippen molar-refractivity contribution >= 4 is 14.3 Å². The highest BCUT2D eigenvalue weighted by molar-refractivity contribution is 6.74. The summed E-state index contributed by atoms with van der Waals surface area (Å²) < 4.78 is 11.8. The first kappa shape index (κ1) is 21.7. The highest BCUT2D eigenvalue weighted by Crippen LogP contribution is 2.32. The van der Waals surface area contributed by atoms with E-state index in [9.17, 15) is 4.79 Å². The van der Waals surface area contributed by atoms with Crippen molar-refractivity contribution in [2.24, 2.45) is 0 Å². The minimum absolute atomic E-state index is 0.325. The van der Waals surface area contributed by atoms with Crippen LogP contribution < -0.4 is 4.43 Å². The Labute approximate surface area is 154 Å². The van der Waals surface area contributed by atoms with Gasteiger partial charge in [-0.05, 0) is 37.2 Å². The minimum Gasteiger partial charge on any atom is -0.542 e. The largest absolute Gasteiger partial charge is 0.542 e. The SMILES string of the molecule is CCCC[Si](CCCC)(CCCC)Oc1cccnc1C(=O)OCC. The van der Waals surface area contributed by atoms with E-state index in [1.165, 1.54) is 38.5 Å². The molecule has 0 radical (unpaired) electrons. The molecule has 0 N–H and O–H groups in total. The highest BCUT2D eigenvalue weighted by Gasteiger charge is 2.36. The number of ether oxygens (including phenoxy) is 1. The van der Waals surface area contributed by atoms with Gasteiger partial charge in [0.1, 0.15) is 5.75 Å². The number of esters is 1. The maximum absolute atomic E-state index is 12.2. The smallest absolute Gasteiger partial charge is 0.360 e. The van der Waals surface area contributed by atoms with Crippen LogP contribution in [0.4, 0.5) is 0 Å². The fourth-order valence-corrected chi connectivity index (χ4v) is 7.76. The van der Waals surface area contributed by atoms with Crippen molar-refractivity contribution in [2.45, 2.75) is 84.4 Å². The Hall–Kier alpha value is -1.36. The zero-order valence-corrected chi connectivity index (χ0v) is 17.5. The van der Waals surface area contributed by atoms with E-state index in [-0.39, 0.29) is 5.97 Å². The van der Waals surface area contributed by atoms with Crippen molar-refractivity contribution in [2.75, 3.05) is 6.61 Å². The van der Waals surface area contributed by atoms with Crippen molar-refractivity contribution in [3.8, 4) is 5.75 Å². The second-order valence-corrected chi connectivity index (χ2v) is 10.7. The number of pyridine rings is 1. The summed E-state index contributed by atoms with van der Waals surface area (Å²) in [6, 6.07) is 7.18. The van der Waals surface area contributed by atoms with Gasteiger partial charge in [0, 0.05) is 6.20 Å². The summed E-state index contributed by atoms with van der Waals surface area (Å²) in [6.07, 6.45) is 8.72. The lowest BCUT2D eigenvalue weighted by atomic mass is 10.3. The minimum atomic E-state index is -1.95. The zero-order valence-electron chi connectivity index (χ0n) is 16.5. The van der Waals surface area contributed by atoms with Gasteiger partial charge in [-0.25, -0.2) is 9.78 Å². The standard InChI is InChI=1S/C20H35NO3Si/c1-5-9-15-25(16-10-6-2,17-11-7-3)24-18-13-12-14-21-19(18)20(22)23-8-4/h12-14H,5-11,15-17H2,1-4H3. The third-order valence-corrected chi connectivity index (χ3v) is 8.97. The summed E-state index contributed by atoms with van der Waals surface area (Å²) in [7, 11) is -1.95. The van der Waals surface area contributed by atoms with Crippen LogP contribution in [0.5, 0.6) is 5.75 Å². The molecule has 0 saturated carbocycles. The molecule has 0 atom stereocenters. The average Bonchev–Trinajstić information content (AvgIpc) is 2.63. The Morgan fingerprint density at radius 1 is 1.00 bits per heavy atom. The number of nitrogens with zero attached hydrogens (tertiary/aromatic N) is 1. The Bertz CT molecular complexity index is 486. The number of aromatic nitrogens is 1. The number of rotatable bonds is 13. The molecule has 0 bridgehead atoms. The molecule has 0 aliphatic heterocycles. The summed E-state index contributed by atoms with van der Waals surface area (Å²) >= 11 is 0. The van der Waals surface area contributed by atoms with Gasteiger partial charge in [0.15, 0.2) is 5.69 Å². The fourth-order valence-electron chi connectivity index (χ4n) is 3.08. The van der Waals surface area contributed by atoms with Crippen molar-refractivity contribution in [1.29, 1.82) is 0 Å². The summed E-state index contributed by atoms with van der Waals surface area (Å²) in [4.78, 5) is 16.5. The second kappa shape index (κ2) is 12.1. The zero-order chi connectivity index (χ0) is 18.5. The second-order valence-electron chi connectivity index (χ2n) is 6.67. The summed E-state index contributed by atoms with van der Waals surface area (Å²) in [5, 5.41) is 0. The maximum atomic E-state index is 12.2. The van der Waals surface area contributed by atoms with Crippen LogP contribution in [-0.4, -0.2) is 25.9 Å². The maximum Gasteiger partial charge on any atom is 0.360 e. The summed E-state index contributed by atoms with van der Waals surface area (Å²) in [5.41, 5.74) is 0.325. The van der Waals surface area contributed by atoms with Gasteiger partial charge in [0.2, 0.25) is 0 Å². The Morgan fingerprint density at radius 2 is 1.56 bits per heavy atom. The van der Waals surface area contributed by atoms with E-state index >= 15 is 0 Å². The molecule has 4 nitrogen and oxygen atoms in total. The van der Waals surface area contributed by atoms with E-state index in [1.807, 2.05) is 19.1 Å². The Kier molecular flexibility index (Phi) is 10.5. The molecular weight excluding hydrogens is 330 g/mol. The predicted molar refractivity (Wildman–Crippen MR) is 106 cm³/mol. The van der Waals surface area contributed by atoms with Gasteiger partial charge in [0.25, 0.3) is 8.32 Å². The van der Waals surface area contributed by atoms with Gasteiger partial charge in [0.05, 0.1) is 6.61 Å². The summed E-state index contributed by atoms with van der Waals surface area (Å²) in [5.74, 6) is 0.235. The third-order valence-electron chi connectivity index (χ3n) is 4.52.